The Hall–Kier alpha value is -4.13. The van der Waals surface area contributed by atoms with Gasteiger partial charge in [-0.1, -0.05) is 30.3 Å². The number of ether oxygens (including phenoxy) is 2. The van der Waals surface area contributed by atoms with Crippen molar-refractivity contribution in [1.29, 1.82) is 0 Å². The average molecular weight is 600 g/mol. The van der Waals surface area contributed by atoms with E-state index in [0.717, 1.165) is 50.2 Å². The molecule has 1 aliphatic heterocycles. The van der Waals surface area contributed by atoms with E-state index < -0.39 is 12.4 Å². The van der Waals surface area contributed by atoms with Crippen molar-refractivity contribution in [1.82, 2.24) is 15.5 Å². The molecule has 1 heterocycles. The van der Waals surface area contributed by atoms with Gasteiger partial charge in [-0.25, -0.2) is 0 Å². The zero-order chi connectivity index (χ0) is 30.7. The molecule has 4 rings (SSSR count). The number of nitrogens with one attached hydrogen (secondary N) is 3. The quantitative estimate of drug-likeness (QED) is 0.213. The molecule has 0 aromatic heterocycles. The Labute approximate surface area is 248 Å². The van der Waals surface area contributed by atoms with Crippen molar-refractivity contribution < 1.29 is 32.2 Å². The number of carbonyl (C=O) groups is 2. The summed E-state index contributed by atoms with van der Waals surface area (Å²) in [6.07, 6.45) is 4.38. The summed E-state index contributed by atoms with van der Waals surface area (Å²) in [7, 11) is 0. The number of rotatable bonds is 12. The van der Waals surface area contributed by atoms with E-state index in [4.69, 9.17) is 10.5 Å². The van der Waals surface area contributed by atoms with Crippen LogP contribution in [0.4, 0.5) is 18.9 Å². The summed E-state index contributed by atoms with van der Waals surface area (Å²) in [5, 5.41) is 8.85. The predicted octanol–water partition coefficient (Wildman–Crippen LogP) is 4.23. The molecule has 1 aliphatic carbocycles. The van der Waals surface area contributed by atoms with Crippen LogP contribution in [0.3, 0.4) is 0 Å². The Kier molecular flexibility index (Phi) is 11.4. The van der Waals surface area contributed by atoms with Crippen molar-refractivity contribution in [2.24, 2.45) is 5.73 Å². The molecular formula is C31H36F3N5O4. The number of nitrogens with two attached hydrogens (primary N) is 1. The summed E-state index contributed by atoms with van der Waals surface area (Å²) in [5.74, 6) is -1.06. The average Bonchev–Trinajstić information content (AvgIpc) is 2.98. The summed E-state index contributed by atoms with van der Waals surface area (Å²) >= 11 is 0. The first kappa shape index (κ1) is 31.8. The second kappa shape index (κ2) is 15.4. The Morgan fingerprint density at radius 1 is 1.05 bits per heavy atom. The van der Waals surface area contributed by atoms with E-state index in [2.05, 4.69) is 25.6 Å². The van der Waals surface area contributed by atoms with Gasteiger partial charge < -0.3 is 31.2 Å². The second-order valence-corrected chi connectivity index (χ2v) is 10.1. The lowest BCUT2D eigenvalue weighted by molar-refractivity contribution is -0.274. The van der Waals surface area contributed by atoms with Crippen molar-refractivity contribution in [3.05, 3.63) is 89.3 Å². The molecule has 0 spiro atoms. The fraction of sp³-hybridized carbons (Fsp3) is 0.355. The number of nitrogens with zero attached hydrogens (tertiary/aromatic N) is 1. The largest absolute Gasteiger partial charge is 0.573 e. The predicted molar refractivity (Wildman–Crippen MR) is 158 cm³/mol. The van der Waals surface area contributed by atoms with Crippen LogP contribution >= 0.6 is 0 Å². The minimum absolute atomic E-state index is 0.306. The first-order valence-corrected chi connectivity index (χ1v) is 14.1. The van der Waals surface area contributed by atoms with Crippen LogP contribution in [0.25, 0.3) is 6.08 Å². The van der Waals surface area contributed by atoms with E-state index in [9.17, 15) is 22.8 Å². The van der Waals surface area contributed by atoms with Crippen LogP contribution in [0.15, 0.2) is 78.2 Å². The maximum atomic E-state index is 13.3. The van der Waals surface area contributed by atoms with Gasteiger partial charge in [-0.15, -0.1) is 13.2 Å². The van der Waals surface area contributed by atoms with Crippen LogP contribution < -0.4 is 26.4 Å². The van der Waals surface area contributed by atoms with Crippen LogP contribution in [0.5, 0.6) is 5.75 Å². The molecule has 1 unspecified atom stereocenters. The van der Waals surface area contributed by atoms with Crippen LogP contribution in [-0.4, -0.2) is 62.5 Å². The van der Waals surface area contributed by atoms with Gasteiger partial charge in [0.15, 0.2) is 0 Å². The zero-order valence-corrected chi connectivity index (χ0v) is 23.7. The maximum Gasteiger partial charge on any atom is 0.573 e. The molecule has 2 aliphatic rings. The number of morpholine rings is 1. The van der Waals surface area contributed by atoms with E-state index >= 15 is 0 Å². The van der Waals surface area contributed by atoms with Crippen LogP contribution in [0, 0.1) is 0 Å². The molecule has 2 aromatic carbocycles. The summed E-state index contributed by atoms with van der Waals surface area (Å²) < 4.78 is 46.8. The molecule has 0 radical (unpaired) electrons. The molecule has 43 heavy (non-hydrogen) atoms. The molecule has 0 saturated carbocycles. The molecule has 1 saturated heterocycles. The highest BCUT2D eigenvalue weighted by Gasteiger charge is 2.31. The minimum atomic E-state index is -4.80. The fourth-order valence-electron chi connectivity index (χ4n) is 4.64. The SMILES string of the molecule is NC1=C(NC(=O)/C=C/c2ccc(C(NCCCN3CCOCC3)C(=O)Nc3ccc(OC(F)(F)F)cc3)cc2)C=CCC1. The monoisotopic (exact) mass is 599 g/mol. The standard InChI is InChI=1S/C31H36F3N5O4/c32-31(33,34)43-25-13-11-24(12-14-25)37-30(41)29(36-16-3-17-39-18-20-42-21-19-39)23-9-6-22(7-10-23)8-15-28(40)38-27-5-2-1-4-26(27)35/h2,5-15,29,36H,1,3-4,16-21,35H2,(H,37,41)(H,38,40)/b15-8+. The van der Waals surface area contributed by atoms with Gasteiger partial charge in [-0.3, -0.25) is 14.5 Å². The van der Waals surface area contributed by atoms with Gasteiger partial charge in [0, 0.05) is 30.5 Å². The number of benzene rings is 2. The molecule has 230 valence electrons. The summed E-state index contributed by atoms with van der Waals surface area (Å²) in [6.45, 7) is 4.56. The molecule has 0 bridgehead atoms. The summed E-state index contributed by atoms with van der Waals surface area (Å²) in [4.78, 5) is 28.0. The molecule has 1 atom stereocenters. The highest BCUT2D eigenvalue weighted by molar-refractivity contribution is 5.96. The number of allylic oxidation sites excluding steroid dienone is 3. The molecule has 9 nitrogen and oxygen atoms in total. The van der Waals surface area contributed by atoms with Crippen molar-refractivity contribution >= 4 is 23.6 Å². The molecular weight excluding hydrogens is 563 g/mol. The molecule has 1 fully saturated rings. The minimum Gasteiger partial charge on any atom is -0.406 e. The highest BCUT2D eigenvalue weighted by atomic mass is 19.4. The van der Waals surface area contributed by atoms with Gasteiger partial charge in [0.05, 0.1) is 18.9 Å². The lowest BCUT2D eigenvalue weighted by Gasteiger charge is -2.27. The molecule has 2 aromatic rings. The smallest absolute Gasteiger partial charge is 0.406 e. The van der Waals surface area contributed by atoms with Crippen molar-refractivity contribution in [3.8, 4) is 5.75 Å². The van der Waals surface area contributed by atoms with E-state index in [1.807, 2.05) is 6.08 Å². The third-order valence-electron chi connectivity index (χ3n) is 6.89. The Bertz CT molecular complexity index is 1320. The third-order valence-corrected chi connectivity index (χ3v) is 6.89. The number of carbonyl (C=O) groups excluding carboxylic acids is 2. The van der Waals surface area contributed by atoms with Gasteiger partial charge >= 0.3 is 6.36 Å². The number of halogens is 3. The van der Waals surface area contributed by atoms with Crippen molar-refractivity contribution in [3.63, 3.8) is 0 Å². The van der Waals surface area contributed by atoms with Gasteiger partial charge in [0.1, 0.15) is 11.8 Å². The maximum absolute atomic E-state index is 13.3. The van der Waals surface area contributed by atoms with E-state index in [1.165, 1.54) is 18.2 Å². The second-order valence-electron chi connectivity index (χ2n) is 10.1. The first-order valence-electron chi connectivity index (χ1n) is 14.1. The van der Waals surface area contributed by atoms with Crippen LogP contribution in [-0.2, 0) is 14.3 Å². The van der Waals surface area contributed by atoms with Crippen LogP contribution in [0.2, 0.25) is 0 Å². The van der Waals surface area contributed by atoms with Crippen molar-refractivity contribution in [2.45, 2.75) is 31.7 Å². The summed E-state index contributed by atoms with van der Waals surface area (Å²) in [5.41, 5.74) is 8.97. The first-order chi connectivity index (χ1) is 20.7. The zero-order valence-electron chi connectivity index (χ0n) is 23.7. The fourth-order valence-corrected chi connectivity index (χ4v) is 4.64. The number of hydrogen-bond acceptors (Lipinski definition) is 7. The van der Waals surface area contributed by atoms with E-state index in [1.54, 1.807) is 36.4 Å². The van der Waals surface area contributed by atoms with Crippen LogP contribution in [0.1, 0.15) is 36.4 Å². The Balaban J connectivity index is 1.40. The Morgan fingerprint density at radius 3 is 2.44 bits per heavy atom. The lowest BCUT2D eigenvalue weighted by Crippen LogP contribution is -2.39. The lowest BCUT2D eigenvalue weighted by atomic mass is 10.0. The summed E-state index contributed by atoms with van der Waals surface area (Å²) in [6, 6.07) is 11.4. The van der Waals surface area contributed by atoms with Crippen molar-refractivity contribution in [2.75, 3.05) is 44.7 Å². The Morgan fingerprint density at radius 2 is 1.77 bits per heavy atom. The van der Waals surface area contributed by atoms with Gasteiger partial charge in [0.2, 0.25) is 11.8 Å². The number of amides is 2. The molecule has 5 N–H and O–H groups in total. The van der Waals surface area contributed by atoms with Gasteiger partial charge in [0.25, 0.3) is 0 Å². The number of alkyl halides is 3. The van der Waals surface area contributed by atoms with Gasteiger partial charge in [-0.05, 0) is 79.9 Å². The number of anilines is 1. The topological polar surface area (TPSA) is 118 Å². The number of hydrogen-bond donors (Lipinski definition) is 4. The van der Waals surface area contributed by atoms with E-state index in [0.29, 0.717) is 48.8 Å². The molecule has 2 amide bonds. The molecule has 12 heteroatoms. The van der Waals surface area contributed by atoms with E-state index in [-0.39, 0.29) is 17.6 Å². The van der Waals surface area contributed by atoms with Gasteiger partial charge in [-0.2, -0.15) is 0 Å². The normalized spacial score (nSPS) is 16.7. The third kappa shape index (κ3) is 10.6. The highest BCUT2D eigenvalue weighted by Crippen LogP contribution is 2.25.